The van der Waals surface area contributed by atoms with E-state index in [9.17, 15) is 0 Å². The zero-order valence-corrected chi connectivity index (χ0v) is 32.7. The van der Waals surface area contributed by atoms with E-state index in [1.54, 1.807) is 0 Å². The van der Waals surface area contributed by atoms with E-state index in [0.29, 0.717) is 0 Å². The van der Waals surface area contributed by atoms with Crippen LogP contribution in [0.3, 0.4) is 0 Å². The number of fused-ring (bicyclic) bond motifs is 4. The van der Waals surface area contributed by atoms with E-state index < -0.39 is 0 Å². The molecule has 0 saturated carbocycles. The van der Waals surface area contributed by atoms with E-state index in [-0.39, 0.29) is 0 Å². The van der Waals surface area contributed by atoms with Crippen LogP contribution in [0.15, 0.2) is 231 Å². The zero-order chi connectivity index (χ0) is 39.8. The lowest BCUT2D eigenvalue weighted by atomic mass is 10.0. The van der Waals surface area contributed by atoms with Gasteiger partial charge in [0.2, 0.25) is 0 Å². The van der Waals surface area contributed by atoms with Gasteiger partial charge in [0.25, 0.3) is 0 Å². The van der Waals surface area contributed by atoms with Crippen LogP contribution in [0.5, 0.6) is 0 Å². The maximum atomic E-state index is 5.14. The predicted octanol–water partition coefficient (Wildman–Crippen LogP) is 14.9. The number of benzene rings is 9. The third kappa shape index (κ3) is 6.37. The average molecular weight is 767 g/mol. The fourth-order valence-electron chi connectivity index (χ4n) is 8.48. The summed E-state index contributed by atoms with van der Waals surface area (Å²) in [7, 11) is 0. The first kappa shape index (κ1) is 35.1. The average Bonchev–Trinajstić information content (AvgIpc) is 3.66. The van der Waals surface area contributed by atoms with Crippen molar-refractivity contribution in [2.24, 2.45) is 0 Å². The summed E-state index contributed by atoms with van der Waals surface area (Å²) in [5.41, 5.74) is 17.0. The third-order valence-electron chi connectivity index (χ3n) is 11.4. The molecule has 2 heterocycles. The van der Waals surface area contributed by atoms with Crippen molar-refractivity contribution in [2.75, 3.05) is 4.90 Å². The van der Waals surface area contributed by atoms with Crippen molar-refractivity contribution in [1.29, 1.82) is 0 Å². The van der Waals surface area contributed by atoms with Gasteiger partial charge >= 0.3 is 0 Å². The molecule has 0 unspecified atom stereocenters. The molecule has 60 heavy (non-hydrogen) atoms. The maximum absolute atomic E-state index is 5.14. The monoisotopic (exact) mass is 766 g/mol. The van der Waals surface area contributed by atoms with Crippen molar-refractivity contribution in [3.05, 3.63) is 231 Å². The molecule has 9 aromatic carbocycles. The molecule has 0 aliphatic heterocycles. The minimum absolute atomic E-state index is 0.864. The Morgan fingerprint density at radius 2 is 0.750 bits per heavy atom. The highest BCUT2D eigenvalue weighted by Gasteiger charge is 2.18. The molecule has 0 saturated heterocycles. The molecular formula is C56H38N4. The van der Waals surface area contributed by atoms with Gasteiger partial charge in [-0.25, -0.2) is 9.97 Å². The highest BCUT2D eigenvalue weighted by molar-refractivity contribution is 6.10. The molecule has 0 N–H and O–H groups in total. The van der Waals surface area contributed by atoms with E-state index in [0.717, 1.165) is 61.9 Å². The number of hydrogen-bond acceptors (Lipinski definition) is 3. The largest absolute Gasteiger partial charge is 0.311 e. The van der Waals surface area contributed by atoms with Crippen LogP contribution < -0.4 is 4.90 Å². The summed E-state index contributed by atoms with van der Waals surface area (Å²) in [5.74, 6) is 0. The lowest BCUT2D eigenvalue weighted by Gasteiger charge is -2.26. The molecule has 4 nitrogen and oxygen atoms in total. The Balaban J connectivity index is 0.953. The van der Waals surface area contributed by atoms with Gasteiger partial charge in [-0.1, -0.05) is 152 Å². The van der Waals surface area contributed by atoms with Crippen molar-refractivity contribution >= 4 is 49.9 Å². The first-order valence-electron chi connectivity index (χ1n) is 20.3. The highest BCUT2D eigenvalue weighted by atomic mass is 15.1. The van der Waals surface area contributed by atoms with Crippen LogP contribution in [0.1, 0.15) is 0 Å². The van der Waals surface area contributed by atoms with Crippen LogP contribution in [0.25, 0.3) is 83.3 Å². The molecule has 4 heteroatoms. The Morgan fingerprint density at radius 1 is 0.300 bits per heavy atom. The van der Waals surface area contributed by atoms with Gasteiger partial charge in [0.05, 0.1) is 33.5 Å². The van der Waals surface area contributed by atoms with E-state index in [1.165, 1.54) is 38.5 Å². The molecule has 0 bridgehead atoms. The first-order chi connectivity index (χ1) is 29.7. The molecule has 2 aromatic heterocycles. The molecule has 0 fully saturated rings. The molecule has 0 amide bonds. The maximum Gasteiger partial charge on any atom is 0.0973 e. The summed E-state index contributed by atoms with van der Waals surface area (Å²) >= 11 is 0. The van der Waals surface area contributed by atoms with Crippen molar-refractivity contribution in [2.45, 2.75) is 0 Å². The van der Waals surface area contributed by atoms with Gasteiger partial charge in [-0.15, -0.1) is 0 Å². The minimum Gasteiger partial charge on any atom is -0.311 e. The van der Waals surface area contributed by atoms with Gasteiger partial charge < -0.3 is 9.47 Å². The number of rotatable bonds is 8. The van der Waals surface area contributed by atoms with Crippen LogP contribution in [0.2, 0.25) is 0 Å². The van der Waals surface area contributed by atoms with Crippen LogP contribution in [-0.2, 0) is 0 Å². The van der Waals surface area contributed by atoms with E-state index in [1.807, 2.05) is 42.5 Å². The molecule has 0 radical (unpaired) electrons. The van der Waals surface area contributed by atoms with Gasteiger partial charge in [0.1, 0.15) is 0 Å². The highest BCUT2D eigenvalue weighted by Crippen LogP contribution is 2.40. The first-order valence-corrected chi connectivity index (χ1v) is 20.3. The Morgan fingerprint density at radius 3 is 1.42 bits per heavy atom. The van der Waals surface area contributed by atoms with Crippen LogP contribution in [-0.4, -0.2) is 14.5 Å². The standard InChI is InChI=1S/C56H38N4/c1-4-15-39(16-5-1)43-19-14-22-48(37-43)60-53-26-13-10-23-49(53)50-38-44(31-36-54(50)60)40-27-32-46(33-28-40)59(45-20-8-3-9-21-45)47-34-29-42(30-35-47)56-55(41-17-6-2-7-18-41)57-51-24-11-12-25-52(51)58-56/h1-38H. The normalized spacial score (nSPS) is 11.3. The molecule has 0 aliphatic rings. The second-order valence-electron chi connectivity index (χ2n) is 15.0. The molecule has 282 valence electrons. The summed E-state index contributed by atoms with van der Waals surface area (Å²) in [6.45, 7) is 0. The predicted molar refractivity (Wildman–Crippen MR) is 250 cm³/mol. The Kier molecular flexibility index (Phi) is 8.79. The number of hydrogen-bond donors (Lipinski definition) is 0. The molecule has 11 rings (SSSR count). The van der Waals surface area contributed by atoms with E-state index in [4.69, 9.17) is 9.97 Å². The minimum atomic E-state index is 0.864. The van der Waals surface area contributed by atoms with E-state index >= 15 is 0 Å². The lowest BCUT2D eigenvalue weighted by molar-refractivity contribution is 1.18. The number of anilines is 3. The van der Waals surface area contributed by atoms with Crippen molar-refractivity contribution in [1.82, 2.24) is 14.5 Å². The second kappa shape index (κ2) is 15.0. The number of aromatic nitrogens is 3. The third-order valence-corrected chi connectivity index (χ3v) is 11.4. The summed E-state index contributed by atoms with van der Waals surface area (Å²) in [4.78, 5) is 12.5. The molecule has 0 spiro atoms. The molecule has 0 aliphatic carbocycles. The van der Waals surface area contributed by atoms with E-state index in [2.05, 4.69) is 198 Å². The second-order valence-corrected chi connectivity index (χ2v) is 15.0. The zero-order valence-electron chi connectivity index (χ0n) is 32.7. The van der Waals surface area contributed by atoms with Crippen molar-refractivity contribution < 1.29 is 0 Å². The Bertz CT molecular complexity index is 3280. The van der Waals surface area contributed by atoms with Gasteiger partial charge in [0, 0.05) is 44.6 Å². The summed E-state index contributed by atoms with van der Waals surface area (Å²) < 4.78 is 2.39. The Hall–Kier alpha value is -8.08. The van der Waals surface area contributed by atoms with Crippen molar-refractivity contribution in [3.8, 4) is 50.5 Å². The van der Waals surface area contributed by atoms with Gasteiger partial charge in [0.15, 0.2) is 0 Å². The van der Waals surface area contributed by atoms with Gasteiger partial charge in [-0.05, 0) is 101 Å². The number of nitrogens with zero attached hydrogens (tertiary/aromatic N) is 4. The lowest BCUT2D eigenvalue weighted by Crippen LogP contribution is -2.09. The Labute approximate surface area is 348 Å². The molecule has 11 aromatic rings. The van der Waals surface area contributed by atoms with Crippen LogP contribution in [0.4, 0.5) is 17.1 Å². The summed E-state index contributed by atoms with van der Waals surface area (Å²) in [6.07, 6.45) is 0. The van der Waals surface area contributed by atoms with Crippen LogP contribution in [0, 0.1) is 0 Å². The van der Waals surface area contributed by atoms with Gasteiger partial charge in [-0.2, -0.15) is 0 Å². The quantitative estimate of drug-likeness (QED) is 0.154. The SMILES string of the molecule is c1ccc(-c2cccc(-n3c4ccccc4c4cc(-c5ccc(N(c6ccccc6)c6ccc(-c7nc8ccccc8nc7-c7ccccc7)cc6)cc5)ccc43)c2)cc1. The smallest absolute Gasteiger partial charge is 0.0973 e. The fourth-order valence-corrected chi connectivity index (χ4v) is 8.48. The topological polar surface area (TPSA) is 34.0 Å². The fraction of sp³-hybridized carbons (Fsp3) is 0. The number of para-hydroxylation sites is 4. The summed E-state index contributed by atoms with van der Waals surface area (Å²) in [5, 5.41) is 2.47. The molecule has 0 atom stereocenters. The summed E-state index contributed by atoms with van der Waals surface area (Å²) in [6, 6.07) is 81.6. The van der Waals surface area contributed by atoms with Gasteiger partial charge in [-0.3, -0.25) is 0 Å². The van der Waals surface area contributed by atoms with Crippen molar-refractivity contribution in [3.63, 3.8) is 0 Å². The molecular weight excluding hydrogens is 729 g/mol. The van der Waals surface area contributed by atoms with Crippen LogP contribution >= 0.6 is 0 Å².